The van der Waals surface area contributed by atoms with E-state index in [1.54, 1.807) is 18.3 Å². The summed E-state index contributed by atoms with van der Waals surface area (Å²) in [5, 5.41) is 9.73. The summed E-state index contributed by atoms with van der Waals surface area (Å²) in [5.74, 6) is 0.922. The highest BCUT2D eigenvalue weighted by atomic mass is 16.3. The van der Waals surface area contributed by atoms with Gasteiger partial charge in [-0.25, -0.2) is 4.98 Å². The third-order valence-corrected chi connectivity index (χ3v) is 2.94. The van der Waals surface area contributed by atoms with Crippen LogP contribution in [0.15, 0.2) is 18.3 Å². The predicted octanol–water partition coefficient (Wildman–Crippen LogP) is 1.10. The molecule has 4 heteroatoms. The second-order valence-corrected chi connectivity index (χ2v) is 3.92. The Morgan fingerprint density at radius 2 is 2.40 bits per heavy atom. The Kier molecular flexibility index (Phi) is 3.06. The fraction of sp³-hybridized carbons (Fsp3) is 0.545. The molecular formula is C11H17N3O. The van der Waals surface area contributed by atoms with Crippen molar-refractivity contribution in [1.82, 2.24) is 4.98 Å². The minimum atomic E-state index is 0.248. The summed E-state index contributed by atoms with van der Waals surface area (Å²) >= 11 is 0. The van der Waals surface area contributed by atoms with E-state index in [1.165, 1.54) is 6.42 Å². The van der Waals surface area contributed by atoms with Gasteiger partial charge in [-0.15, -0.1) is 0 Å². The first kappa shape index (κ1) is 10.2. The van der Waals surface area contributed by atoms with Gasteiger partial charge in [0.25, 0.3) is 0 Å². The molecule has 4 nitrogen and oxygen atoms in total. The highest BCUT2D eigenvalue weighted by Gasteiger charge is 2.23. The summed E-state index contributed by atoms with van der Waals surface area (Å²) < 4.78 is 0. The SMILES string of the molecule is NC[C@@H]1CCCCN1c1ncccc1O. The molecule has 3 N–H and O–H groups in total. The molecule has 0 radical (unpaired) electrons. The van der Waals surface area contributed by atoms with Crippen molar-refractivity contribution < 1.29 is 5.11 Å². The zero-order valence-electron chi connectivity index (χ0n) is 8.76. The van der Waals surface area contributed by atoms with Gasteiger partial charge >= 0.3 is 0 Å². The van der Waals surface area contributed by atoms with Crippen LogP contribution in [0.2, 0.25) is 0 Å². The van der Waals surface area contributed by atoms with E-state index in [1.807, 2.05) is 0 Å². The van der Waals surface area contributed by atoms with Crippen LogP contribution in [0.4, 0.5) is 5.82 Å². The summed E-state index contributed by atoms with van der Waals surface area (Å²) in [6.45, 7) is 1.56. The topological polar surface area (TPSA) is 62.4 Å². The minimum Gasteiger partial charge on any atom is -0.504 e. The van der Waals surface area contributed by atoms with Crippen molar-refractivity contribution in [2.45, 2.75) is 25.3 Å². The zero-order chi connectivity index (χ0) is 10.7. The molecule has 1 aromatic heterocycles. The molecule has 1 aliphatic heterocycles. The second kappa shape index (κ2) is 4.49. The molecule has 0 spiro atoms. The number of nitrogens with two attached hydrogens (primary N) is 1. The molecule has 1 atom stereocenters. The molecule has 0 bridgehead atoms. The van der Waals surface area contributed by atoms with Crippen molar-refractivity contribution >= 4 is 5.82 Å². The molecule has 0 unspecified atom stereocenters. The molecule has 1 saturated heterocycles. The standard InChI is InChI=1S/C11H17N3O/c12-8-9-4-1-2-7-14(9)11-10(15)5-3-6-13-11/h3,5-6,9,15H,1-2,4,7-8,12H2/t9-/m0/s1. The van der Waals surface area contributed by atoms with E-state index in [0.717, 1.165) is 19.4 Å². The van der Waals surface area contributed by atoms with E-state index < -0.39 is 0 Å². The van der Waals surface area contributed by atoms with Crippen molar-refractivity contribution in [3.05, 3.63) is 18.3 Å². The molecule has 1 aliphatic rings. The Hall–Kier alpha value is -1.29. The minimum absolute atomic E-state index is 0.248. The maximum Gasteiger partial charge on any atom is 0.171 e. The van der Waals surface area contributed by atoms with Gasteiger partial charge < -0.3 is 15.7 Å². The van der Waals surface area contributed by atoms with E-state index in [4.69, 9.17) is 5.73 Å². The monoisotopic (exact) mass is 207 g/mol. The largest absolute Gasteiger partial charge is 0.504 e. The Morgan fingerprint density at radius 1 is 1.53 bits per heavy atom. The van der Waals surface area contributed by atoms with Crippen LogP contribution in [0.5, 0.6) is 5.75 Å². The Labute approximate surface area is 89.7 Å². The summed E-state index contributed by atoms with van der Waals surface area (Å²) in [5.41, 5.74) is 5.73. The first-order valence-corrected chi connectivity index (χ1v) is 5.43. The maximum absolute atomic E-state index is 9.73. The van der Waals surface area contributed by atoms with Gasteiger partial charge in [-0.2, -0.15) is 0 Å². The molecule has 0 amide bonds. The number of rotatable bonds is 2. The van der Waals surface area contributed by atoms with Gasteiger partial charge in [0.05, 0.1) is 0 Å². The van der Waals surface area contributed by atoms with Crippen LogP contribution in [0.25, 0.3) is 0 Å². The lowest BCUT2D eigenvalue weighted by Gasteiger charge is -2.36. The average molecular weight is 207 g/mol. The molecule has 0 saturated carbocycles. The number of nitrogens with zero attached hydrogens (tertiary/aromatic N) is 2. The van der Waals surface area contributed by atoms with Crippen molar-refractivity contribution in [2.75, 3.05) is 18.0 Å². The first-order valence-electron chi connectivity index (χ1n) is 5.43. The fourth-order valence-electron chi connectivity index (χ4n) is 2.13. The number of hydrogen-bond donors (Lipinski definition) is 2. The van der Waals surface area contributed by atoms with Crippen LogP contribution in [0.1, 0.15) is 19.3 Å². The number of hydrogen-bond acceptors (Lipinski definition) is 4. The zero-order valence-corrected chi connectivity index (χ0v) is 8.76. The average Bonchev–Trinajstić information content (AvgIpc) is 2.30. The smallest absolute Gasteiger partial charge is 0.171 e. The van der Waals surface area contributed by atoms with Crippen LogP contribution < -0.4 is 10.6 Å². The molecule has 2 heterocycles. The third kappa shape index (κ3) is 2.04. The lowest BCUT2D eigenvalue weighted by molar-refractivity contribution is 0.437. The molecule has 1 fully saturated rings. The lowest BCUT2D eigenvalue weighted by atomic mass is 10.0. The number of anilines is 1. The number of pyridine rings is 1. The van der Waals surface area contributed by atoms with Crippen molar-refractivity contribution in [3.63, 3.8) is 0 Å². The van der Waals surface area contributed by atoms with Gasteiger partial charge in [0.1, 0.15) is 0 Å². The van der Waals surface area contributed by atoms with Gasteiger partial charge in [-0.3, -0.25) is 0 Å². The molecule has 2 rings (SSSR count). The summed E-state index contributed by atoms with van der Waals surface area (Å²) in [4.78, 5) is 6.34. The number of piperidine rings is 1. The summed E-state index contributed by atoms with van der Waals surface area (Å²) in [6.07, 6.45) is 5.15. The van der Waals surface area contributed by atoms with Gasteiger partial charge in [0.15, 0.2) is 11.6 Å². The normalized spacial score (nSPS) is 21.7. The van der Waals surface area contributed by atoms with E-state index >= 15 is 0 Å². The van der Waals surface area contributed by atoms with Crippen molar-refractivity contribution in [2.24, 2.45) is 5.73 Å². The van der Waals surface area contributed by atoms with Crippen LogP contribution in [0, 0.1) is 0 Å². The molecule has 0 aliphatic carbocycles. The van der Waals surface area contributed by atoms with E-state index in [9.17, 15) is 5.11 Å². The van der Waals surface area contributed by atoms with Crippen LogP contribution in [-0.4, -0.2) is 29.2 Å². The Balaban J connectivity index is 2.24. The van der Waals surface area contributed by atoms with Gasteiger partial charge in [0.2, 0.25) is 0 Å². The lowest BCUT2D eigenvalue weighted by Crippen LogP contribution is -2.44. The molecular weight excluding hydrogens is 190 g/mol. The quantitative estimate of drug-likeness (QED) is 0.762. The molecule has 1 aromatic rings. The molecule has 82 valence electrons. The van der Waals surface area contributed by atoms with Gasteiger partial charge in [-0.1, -0.05) is 0 Å². The Morgan fingerprint density at radius 3 is 3.13 bits per heavy atom. The van der Waals surface area contributed by atoms with Crippen LogP contribution >= 0.6 is 0 Å². The fourth-order valence-corrected chi connectivity index (χ4v) is 2.13. The summed E-state index contributed by atoms with van der Waals surface area (Å²) in [7, 11) is 0. The van der Waals surface area contributed by atoms with Crippen LogP contribution in [0.3, 0.4) is 0 Å². The second-order valence-electron chi connectivity index (χ2n) is 3.92. The van der Waals surface area contributed by atoms with E-state index in [2.05, 4.69) is 9.88 Å². The third-order valence-electron chi connectivity index (χ3n) is 2.94. The van der Waals surface area contributed by atoms with Crippen molar-refractivity contribution in [3.8, 4) is 5.75 Å². The number of aromatic nitrogens is 1. The number of aromatic hydroxyl groups is 1. The van der Waals surface area contributed by atoms with Crippen molar-refractivity contribution in [1.29, 1.82) is 0 Å². The predicted molar refractivity (Wildman–Crippen MR) is 59.9 cm³/mol. The van der Waals surface area contributed by atoms with Crippen LogP contribution in [-0.2, 0) is 0 Å². The highest BCUT2D eigenvalue weighted by Crippen LogP contribution is 2.29. The summed E-state index contributed by atoms with van der Waals surface area (Å²) in [6, 6.07) is 3.73. The van der Waals surface area contributed by atoms with E-state index in [-0.39, 0.29) is 5.75 Å². The Bertz CT molecular complexity index is 329. The van der Waals surface area contributed by atoms with E-state index in [0.29, 0.717) is 18.4 Å². The van der Waals surface area contributed by atoms with Gasteiger partial charge in [0, 0.05) is 25.3 Å². The molecule has 15 heavy (non-hydrogen) atoms. The maximum atomic E-state index is 9.73. The van der Waals surface area contributed by atoms with Gasteiger partial charge in [-0.05, 0) is 31.4 Å². The molecule has 0 aromatic carbocycles. The first-order chi connectivity index (χ1) is 7.33. The highest BCUT2D eigenvalue weighted by molar-refractivity contribution is 5.52.